The third kappa shape index (κ3) is 4.11. The number of ether oxygens (including phenoxy) is 1. The van der Waals surface area contributed by atoms with Gasteiger partial charge in [-0.1, -0.05) is 34.7 Å². The molecule has 1 fully saturated rings. The molecule has 1 aliphatic carbocycles. The molecule has 32 heavy (non-hydrogen) atoms. The molecular formula is C23H25FIN5O2. The Morgan fingerprint density at radius 2 is 2.06 bits per heavy atom. The fourth-order valence-electron chi connectivity index (χ4n) is 3.99. The van der Waals surface area contributed by atoms with E-state index in [0.717, 1.165) is 23.8 Å². The summed E-state index contributed by atoms with van der Waals surface area (Å²) in [5, 5.41) is 6.65. The molecule has 1 heterocycles. The SMILES string of the molecule is CNC(=O)C1(N(C)Cc2cc3c(Nc4cccc(CI)c4F)ncnc3cc2OC)CC1. The molecule has 0 saturated heterocycles. The summed E-state index contributed by atoms with van der Waals surface area (Å²) in [6, 6.07) is 9.08. The van der Waals surface area contributed by atoms with Crippen molar-refractivity contribution in [2.45, 2.75) is 29.4 Å². The molecule has 1 amide bonds. The minimum absolute atomic E-state index is 0.0241. The van der Waals surface area contributed by atoms with Gasteiger partial charge in [0.15, 0.2) is 5.82 Å². The minimum Gasteiger partial charge on any atom is -0.496 e. The second-order valence-electron chi connectivity index (χ2n) is 7.91. The summed E-state index contributed by atoms with van der Waals surface area (Å²) in [5.41, 5.74) is 2.10. The Balaban J connectivity index is 1.72. The Hall–Kier alpha value is -2.53. The van der Waals surface area contributed by atoms with Gasteiger partial charge in [-0.3, -0.25) is 9.69 Å². The summed E-state index contributed by atoms with van der Waals surface area (Å²) >= 11 is 2.14. The molecule has 4 rings (SSSR count). The van der Waals surface area contributed by atoms with Gasteiger partial charge < -0.3 is 15.4 Å². The summed E-state index contributed by atoms with van der Waals surface area (Å²) in [5.74, 6) is 0.928. The smallest absolute Gasteiger partial charge is 0.240 e. The zero-order chi connectivity index (χ0) is 22.9. The van der Waals surface area contributed by atoms with Crippen molar-refractivity contribution in [3.63, 3.8) is 0 Å². The van der Waals surface area contributed by atoms with Crippen molar-refractivity contribution in [3.05, 3.63) is 53.6 Å². The highest BCUT2D eigenvalue weighted by atomic mass is 127. The maximum atomic E-state index is 14.8. The third-order valence-electron chi connectivity index (χ3n) is 6.02. The molecule has 168 valence electrons. The number of alkyl halides is 1. The number of hydrogen-bond acceptors (Lipinski definition) is 6. The topological polar surface area (TPSA) is 79.4 Å². The summed E-state index contributed by atoms with van der Waals surface area (Å²) in [6.45, 7) is 0.513. The standard InChI is InChI=1S/C23H25FIN5O2/c1-26-22(31)23(7-8-23)30(2)12-15-9-16-18(10-19(15)32-3)27-13-28-21(16)29-17-6-4-5-14(11-25)20(17)24/h4-6,9-10,13H,7-8,11-12H2,1-3H3,(H,26,31)(H,27,28,29). The number of benzene rings is 2. The second-order valence-corrected chi connectivity index (χ2v) is 8.67. The maximum absolute atomic E-state index is 14.8. The number of nitrogens with zero attached hydrogens (tertiary/aromatic N) is 3. The van der Waals surface area contributed by atoms with Crippen LogP contribution in [0.15, 0.2) is 36.7 Å². The monoisotopic (exact) mass is 549 g/mol. The Morgan fingerprint density at radius 1 is 1.28 bits per heavy atom. The van der Waals surface area contributed by atoms with Crippen LogP contribution in [-0.2, 0) is 15.8 Å². The molecule has 0 unspecified atom stereocenters. The molecule has 0 bridgehead atoms. The van der Waals surface area contributed by atoms with Gasteiger partial charge in [-0.2, -0.15) is 0 Å². The van der Waals surface area contributed by atoms with Gasteiger partial charge in [0, 0.05) is 35.0 Å². The molecule has 0 radical (unpaired) electrons. The summed E-state index contributed by atoms with van der Waals surface area (Å²) < 4.78 is 21.0. The Kier molecular flexibility index (Phi) is 6.47. The van der Waals surface area contributed by atoms with Gasteiger partial charge >= 0.3 is 0 Å². The normalized spacial score (nSPS) is 14.4. The molecular weight excluding hydrogens is 524 g/mol. The van der Waals surface area contributed by atoms with Gasteiger partial charge in [0.2, 0.25) is 5.91 Å². The van der Waals surface area contributed by atoms with Crippen molar-refractivity contribution < 1.29 is 13.9 Å². The number of rotatable bonds is 8. The van der Waals surface area contributed by atoms with Gasteiger partial charge in [0.05, 0.1) is 18.3 Å². The highest BCUT2D eigenvalue weighted by Crippen LogP contribution is 2.43. The van der Waals surface area contributed by atoms with Crippen LogP contribution in [0.4, 0.5) is 15.9 Å². The number of nitrogens with one attached hydrogen (secondary N) is 2. The first kappa shape index (κ1) is 22.7. The quantitative estimate of drug-likeness (QED) is 0.325. The van der Waals surface area contributed by atoms with Gasteiger partial charge in [-0.15, -0.1) is 0 Å². The van der Waals surface area contributed by atoms with Crippen molar-refractivity contribution in [1.82, 2.24) is 20.2 Å². The van der Waals surface area contributed by atoms with E-state index in [0.29, 0.717) is 39.3 Å². The van der Waals surface area contributed by atoms with E-state index in [2.05, 4.69) is 48.1 Å². The largest absolute Gasteiger partial charge is 0.496 e. The number of amides is 1. The lowest BCUT2D eigenvalue weighted by molar-refractivity contribution is -0.127. The van der Waals surface area contributed by atoms with E-state index >= 15 is 0 Å². The lowest BCUT2D eigenvalue weighted by atomic mass is 10.1. The maximum Gasteiger partial charge on any atom is 0.240 e. The van der Waals surface area contributed by atoms with E-state index in [1.807, 2.05) is 25.2 Å². The van der Waals surface area contributed by atoms with E-state index in [4.69, 9.17) is 4.74 Å². The predicted molar refractivity (Wildman–Crippen MR) is 131 cm³/mol. The molecule has 9 heteroatoms. The predicted octanol–water partition coefficient (Wildman–Crippen LogP) is 4.17. The van der Waals surface area contributed by atoms with Gasteiger partial charge in [-0.25, -0.2) is 14.4 Å². The molecule has 3 aromatic rings. The van der Waals surface area contributed by atoms with Crippen molar-refractivity contribution in [2.75, 3.05) is 26.5 Å². The van der Waals surface area contributed by atoms with Crippen LogP contribution in [0.25, 0.3) is 10.9 Å². The van der Waals surface area contributed by atoms with Gasteiger partial charge in [0.1, 0.15) is 23.4 Å². The summed E-state index contributed by atoms with van der Waals surface area (Å²) in [4.78, 5) is 23.2. The number of fused-ring (bicyclic) bond motifs is 1. The zero-order valence-electron chi connectivity index (χ0n) is 18.2. The first-order valence-electron chi connectivity index (χ1n) is 10.3. The van der Waals surface area contributed by atoms with Crippen LogP contribution < -0.4 is 15.4 Å². The number of carbonyl (C=O) groups is 1. The highest BCUT2D eigenvalue weighted by Gasteiger charge is 2.52. The Bertz CT molecular complexity index is 1170. The van der Waals surface area contributed by atoms with Crippen LogP contribution in [0.3, 0.4) is 0 Å². The fourth-order valence-corrected chi connectivity index (χ4v) is 4.58. The number of likely N-dealkylation sites (N-methyl/N-ethyl adjacent to an activating group) is 2. The van der Waals surface area contributed by atoms with E-state index in [1.54, 1.807) is 26.3 Å². The molecule has 7 nitrogen and oxygen atoms in total. The molecule has 1 aromatic heterocycles. The number of aromatic nitrogens is 2. The van der Waals surface area contributed by atoms with Gasteiger partial charge in [-0.05, 0) is 37.6 Å². The van der Waals surface area contributed by atoms with Gasteiger partial charge in [0.25, 0.3) is 0 Å². The molecule has 2 aromatic carbocycles. The lowest BCUT2D eigenvalue weighted by Gasteiger charge is -2.27. The van der Waals surface area contributed by atoms with Crippen molar-refractivity contribution in [3.8, 4) is 5.75 Å². The zero-order valence-corrected chi connectivity index (χ0v) is 20.4. The second kappa shape index (κ2) is 9.14. The molecule has 0 atom stereocenters. The van der Waals surface area contributed by atoms with E-state index in [-0.39, 0.29) is 11.7 Å². The number of halogens is 2. The van der Waals surface area contributed by atoms with Crippen molar-refractivity contribution >= 4 is 50.9 Å². The first-order chi connectivity index (χ1) is 15.4. The average Bonchev–Trinajstić information content (AvgIpc) is 3.62. The Morgan fingerprint density at radius 3 is 2.72 bits per heavy atom. The van der Waals surface area contributed by atoms with Crippen LogP contribution in [0.5, 0.6) is 5.75 Å². The van der Waals surface area contributed by atoms with E-state index in [1.165, 1.54) is 6.33 Å². The van der Waals surface area contributed by atoms with Crippen molar-refractivity contribution in [1.29, 1.82) is 0 Å². The Labute approximate surface area is 199 Å². The highest BCUT2D eigenvalue weighted by molar-refractivity contribution is 14.1. The first-order valence-corrected chi connectivity index (χ1v) is 11.8. The van der Waals surface area contributed by atoms with Crippen molar-refractivity contribution in [2.24, 2.45) is 0 Å². The fraction of sp³-hybridized carbons (Fsp3) is 0.348. The molecule has 1 saturated carbocycles. The number of anilines is 2. The van der Waals surface area contributed by atoms with Crippen LogP contribution in [0.1, 0.15) is 24.0 Å². The molecule has 2 N–H and O–H groups in total. The third-order valence-corrected chi connectivity index (χ3v) is 6.85. The lowest BCUT2D eigenvalue weighted by Crippen LogP contribution is -2.45. The number of hydrogen-bond donors (Lipinski definition) is 2. The summed E-state index contributed by atoms with van der Waals surface area (Å²) in [6.07, 6.45) is 3.09. The van der Waals surface area contributed by atoms with E-state index in [9.17, 15) is 9.18 Å². The average molecular weight is 549 g/mol. The molecule has 0 aliphatic heterocycles. The van der Waals surface area contributed by atoms with E-state index < -0.39 is 5.54 Å². The molecule has 1 aliphatic rings. The van der Waals surface area contributed by atoms with Crippen LogP contribution in [-0.4, -0.2) is 47.5 Å². The van der Waals surface area contributed by atoms with Crippen LogP contribution in [0, 0.1) is 5.82 Å². The molecule has 0 spiro atoms. The number of methoxy groups -OCH3 is 1. The number of carbonyl (C=O) groups excluding carboxylic acids is 1. The minimum atomic E-state index is -0.480. The summed E-state index contributed by atoms with van der Waals surface area (Å²) in [7, 11) is 5.22. The van der Waals surface area contributed by atoms with Crippen LogP contribution >= 0.6 is 22.6 Å². The van der Waals surface area contributed by atoms with Crippen LogP contribution in [0.2, 0.25) is 0 Å².